The highest BCUT2D eigenvalue weighted by Crippen LogP contribution is 2.34. The molecule has 1 heterocycles. The molecule has 0 spiro atoms. The molecule has 1 aliphatic heterocycles. The van der Waals surface area contributed by atoms with Crippen LogP contribution in [0, 0.1) is 11.3 Å². The van der Waals surface area contributed by atoms with Crippen LogP contribution in [0.15, 0.2) is 0 Å². The Morgan fingerprint density at radius 1 is 1.37 bits per heavy atom. The zero-order valence-corrected chi connectivity index (χ0v) is 12.6. The van der Waals surface area contributed by atoms with Crippen LogP contribution >= 0.6 is 0 Å². The molecule has 1 rings (SSSR count). The summed E-state index contributed by atoms with van der Waals surface area (Å²) >= 11 is 0. The number of nitrogens with zero attached hydrogens (tertiary/aromatic N) is 1. The number of piperidine rings is 1. The first-order chi connectivity index (χ1) is 8.84. The van der Waals surface area contributed by atoms with Gasteiger partial charge in [0.2, 0.25) is 0 Å². The van der Waals surface area contributed by atoms with E-state index in [2.05, 4.69) is 25.7 Å². The largest absolute Gasteiger partial charge is 0.446 e. The van der Waals surface area contributed by atoms with Crippen molar-refractivity contribution in [3.8, 4) is 0 Å². The summed E-state index contributed by atoms with van der Waals surface area (Å²) < 4.78 is 10.8. The fourth-order valence-electron chi connectivity index (χ4n) is 2.71. The molecule has 0 aromatic rings. The van der Waals surface area contributed by atoms with Gasteiger partial charge in [0, 0.05) is 19.7 Å². The summed E-state index contributed by atoms with van der Waals surface area (Å²) in [6.45, 7) is 11.7. The lowest BCUT2D eigenvalue weighted by Gasteiger charge is -2.40. The lowest BCUT2D eigenvalue weighted by molar-refractivity contribution is -0.0413. The van der Waals surface area contributed by atoms with E-state index in [1.165, 1.54) is 0 Å². The molecule has 0 aliphatic carbocycles. The van der Waals surface area contributed by atoms with E-state index in [9.17, 15) is 4.79 Å². The molecule has 1 atom stereocenters. The van der Waals surface area contributed by atoms with Crippen molar-refractivity contribution in [2.24, 2.45) is 17.1 Å². The van der Waals surface area contributed by atoms with E-state index < -0.39 is 6.09 Å². The maximum Gasteiger partial charge on any atom is 0.404 e. The van der Waals surface area contributed by atoms with Crippen molar-refractivity contribution in [1.82, 2.24) is 4.90 Å². The Bertz CT molecular complexity index is 281. The number of amides is 1. The SMILES string of the molecule is CCOCN1CCC(C(OC(N)=O)C(C)(C)C)CC1. The van der Waals surface area contributed by atoms with E-state index >= 15 is 0 Å². The van der Waals surface area contributed by atoms with Crippen LogP contribution in [0.4, 0.5) is 4.79 Å². The van der Waals surface area contributed by atoms with Gasteiger partial charge in [-0.25, -0.2) is 4.79 Å². The molecular formula is C14H28N2O3. The van der Waals surface area contributed by atoms with Crippen LogP contribution in [-0.4, -0.2) is 43.5 Å². The van der Waals surface area contributed by atoms with E-state index in [1.807, 2.05) is 6.92 Å². The first kappa shape index (κ1) is 16.2. The average molecular weight is 272 g/mol. The van der Waals surface area contributed by atoms with Crippen LogP contribution in [-0.2, 0) is 9.47 Å². The highest BCUT2D eigenvalue weighted by Gasteiger charge is 2.36. The van der Waals surface area contributed by atoms with Crippen molar-refractivity contribution >= 4 is 6.09 Å². The van der Waals surface area contributed by atoms with Crippen molar-refractivity contribution < 1.29 is 14.3 Å². The van der Waals surface area contributed by atoms with Gasteiger partial charge in [-0.3, -0.25) is 4.90 Å². The Morgan fingerprint density at radius 3 is 2.37 bits per heavy atom. The van der Waals surface area contributed by atoms with Crippen molar-refractivity contribution in [2.75, 3.05) is 26.4 Å². The van der Waals surface area contributed by atoms with E-state index in [0.717, 1.165) is 32.5 Å². The molecule has 0 saturated carbocycles. The predicted octanol–water partition coefficient (Wildman–Crippen LogP) is 2.20. The summed E-state index contributed by atoms with van der Waals surface area (Å²) in [4.78, 5) is 13.4. The summed E-state index contributed by atoms with van der Waals surface area (Å²) in [5.74, 6) is 0.380. The van der Waals surface area contributed by atoms with Crippen LogP contribution in [0.1, 0.15) is 40.5 Å². The number of likely N-dealkylation sites (tertiary alicyclic amines) is 1. The van der Waals surface area contributed by atoms with Gasteiger partial charge in [-0.15, -0.1) is 0 Å². The number of primary amides is 1. The lowest BCUT2D eigenvalue weighted by Crippen LogP contribution is -2.45. The fraction of sp³-hybridized carbons (Fsp3) is 0.929. The molecule has 19 heavy (non-hydrogen) atoms. The van der Waals surface area contributed by atoms with Gasteiger partial charge in [0.25, 0.3) is 0 Å². The summed E-state index contributed by atoms with van der Waals surface area (Å²) in [6.07, 6.45) is 1.25. The first-order valence-electron chi connectivity index (χ1n) is 7.10. The van der Waals surface area contributed by atoms with Gasteiger partial charge in [0.15, 0.2) is 0 Å². The zero-order valence-electron chi connectivity index (χ0n) is 12.6. The van der Waals surface area contributed by atoms with E-state index in [-0.39, 0.29) is 11.5 Å². The quantitative estimate of drug-likeness (QED) is 0.833. The molecule has 5 heteroatoms. The van der Waals surface area contributed by atoms with Crippen LogP contribution in [0.25, 0.3) is 0 Å². The second kappa shape index (κ2) is 7.10. The van der Waals surface area contributed by atoms with Crippen molar-refractivity contribution in [3.63, 3.8) is 0 Å². The zero-order chi connectivity index (χ0) is 14.5. The third kappa shape index (κ3) is 5.37. The number of hydrogen-bond donors (Lipinski definition) is 1. The van der Waals surface area contributed by atoms with Gasteiger partial charge in [0.05, 0.1) is 6.73 Å². The third-order valence-corrected chi connectivity index (χ3v) is 3.64. The van der Waals surface area contributed by atoms with Crippen LogP contribution in [0.2, 0.25) is 0 Å². The maximum absolute atomic E-state index is 11.1. The summed E-state index contributed by atoms with van der Waals surface area (Å²) in [5, 5.41) is 0. The topological polar surface area (TPSA) is 64.8 Å². The molecule has 0 aromatic carbocycles. The fourth-order valence-corrected chi connectivity index (χ4v) is 2.71. The standard InChI is InChI=1S/C14H28N2O3/c1-5-18-10-16-8-6-11(7-9-16)12(14(2,3)4)19-13(15)17/h11-12H,5-10H2,1-4H3,(H2,15,17). The minimum absolute atomic E-state index is 0.0816. The number of carbonyl (C=O) groups excluding carboxylic acids is 1. The number of hydrogen-bond acceptors (Lipinski definition) is 4. The van der Waals surface area contributed by atoms with Gasteiger partial charge in [-0.05, 0) is 31.1 Å². The highest BCUT2D eigenvalue weighted by atomic mass is 16.6. The Hall–Kier alpha value is -0.810. The molecule has 1 saturated heterocycles. The molecule has 1 unspecified atom stereocenters. The number of carbonyl (C=O) groups is 1. The molecule has 1 fully saturated rings. The van der Waals surface area contributed by atoms with Crippen molar-refractivity contribution in [1.29, 1.82) is 0 Å². The van der Waals surface area contributed by atoms with Gasteiger partial charge < -0.3 is 15.2 Å². The van der Waals surface area contributed by atoms with Crippen molar-refractivity contribution in [3.05, 3.63) is 0 Å². The molecule has 0 radical (unpaired) electrons. The second-order valence-electron chi connectivity index (χ2n) is 6.30. The molecule has 1 aliphatic rings. The summed E-state index contributed by atoms with van der Waals surface area (Å²) in [7, 11) is 0. The van der Waals surface area contributed by atoms with Crippen LogP contribution < -0.4 is 5.73 Å². The Kier molecular flexibility index (Phi) is 6.07. The van der Waals surface area contributed by atoms with E-state index in [1.54, 1.807) is 0 Å². The maximum atomic E-state index is 11.1. The Balaban J connectivity index is 2.52. The number of rotatable bonds is 5. The second-order valence-corrected chi connectivity index (χ2v) is 6.30. The monoisotopic (exact) mass is 272 g/mol. The van der Waals surface area contributed by atoms with E-state index in [4.69, 9.17) is 15.2 Å². The summed E-state index contributed by atoms with van der Waals surface area (Å²) in [6, 6.07) is 0. The van der Waals surface area contributed by atoms with Crippen molar-refractivity contribution in [2.45, 2.75) is 46.6 Å². The number of ether oxygens (including phenoxy) is 2. The molecule has 2 N–H and O–H groups in total. The van der Waals surface area contributed by atoms with Gasteiger partial charge in [0.1, 0.15) is 6.10 Å². The normalized spacial score (nSPS) is 20.2. The van der Waals surface area contributed by atoms with Crippen LogP contribution in [0.5, 0.6) is 0 Å². The molecule has 1 amide bonds. The predicted molar refractivity (Wildman–Crippen MR) is 74.7 cm³/mol. The minimum atomic E-state index is -0.670. The average Bonchev–Trinajstić information content (AvgIpc) is 2.33. The highest BCUT2D eigenvalue weighted by molar-refractivity contribution is 5.64. The molecule has 5 nitrogen and oxygen atoms in total. The molecular weight excluding hydrogens is 244 g/mol. The Morgan fingerprint density at radius 2 is 1.95 bits per heavy atom. The Labute approximate surface area is 116 Å². The first-order valence-corrected chi connectivity index (χ1v) is 7.10. The third-order valence-electron chi connectivity index (χ3n) is 3.64. The molecule has 0 aromatic heterocycles. The molecule has 112 valence electrons. The van der Waals surface area contributed by atoms with E-state index in [0.29, 0.717) is 12.6 Å². The lowest BCUT2D eigenvalue weighted by atomic mass is 9.77. The minimum Gasteiger partial charge on any atom is -0.446 e. The van der Waals surface area contributed by atoms with Crippen LogP contribution in [0.3, 0.4) is 0 Å². The smallest absolute Gasteiger partial charge is 0.404 e. The summed E-state index contributed by atoms with van der Waals surface area (Å²) in [5.41, 5.74) is 5.12. The van der Waals surface area contributed by atoms with Gasteiger partial charge in [-0.1, -0.05) is 20.8 Å². The molecule has 0 bridgehead atoms. The van der Waals surface area contributed by atoms with Gasteiger partial charge >= 0.3 is 6.09 Å². The van der Waals surface area contributed by atoms with Gasteiger partial charge in [-0.2, -0.15) is 0 Å². The number of nitrogens with two attached hydrogens (primary N) is 1.